The number of hydrogen-bond donors (Lipinski definition) is 1. The molecule has 0 fully saturated rings. The Bertz CT molecular complexity index is 350. The Kier molecular flexibility index (Phi) is 4.09. The molecule has 1 aromatic rings. The number of non-ortho nitro benzene ring substituents is 1. The van der Waals surface area contributed by atoms with Crippen LogP contribution in [0, 0.1) is 10.1 Å². The number of hydrogen-bond acceptors (Lipinski definition) is 3. The molecule has 0 amide bonds. The number of anilines is 1. The van der Waals surface area contributed by atoms with E-state index in [-0.39, 0.29) is 10.6 Å². The van der Waals surface area contributed by atoms with E-state index in [0.29, 0.717) is 5.69 Å². The topological polar surface area (TPSA) is 69.2 Å². The number of nitro groups is 1. The van der Waals surface area contributed by atoms with Gasteiger partial charge >= 0.3 is 0 Å². The summed E-state index contributed by atoms with van der Waals surface area (Å²) < 4.78 is 0. The van der Waals surface area contributed by atoms with E-state index in [0.717, 1.165) is 31.2 Å². The van der Waals surface area contributed by atoms with E-state index in [9.17, 15) is 10.1 Å². The molecule has 0 aliphatic carbocycles. The quantitative estimate of drug-likeness (QED) is 0.350. The standard InChI is InChI=1S/C11H16N2O2/c1-2-3-4-5-9-8-10(13(14)15)6-7-11(9)12/h6-8H,2-5,12H2,1H3. The Labute approximate surface area is 89.2 Å². The minimum atomic E-state index is -0.386. The normalized spacial score (nSPS) is 10.2. The van der Waals surface area contributed by atoms with Gasteiger partial charge in [0.15, 0.2) is 0 Å². The SMILES string of the molecule is CCCCCc1cc([N+](=O)[O-])ccc1N. The van der Waals surface area contributed by atoms with Crippen molar-refractivity contribution in [2.75, 3.05) is 5.73 Å². The molecule has 4 nitrogen and oxygen atoms in total. The molecule has 2 N–H and O–H groups in total. The first-order valence-electron chi connectivity index (χ1n) is 5.18. The van der Waals surface area contributed by atoms with Gasteiger partial charge in [0.2, 0.25) is 0 Å². The fourth-order valence-electron chi connectivity index (χ4n) is 1.49. The van der Waals surface area contributed by atoms with Crippen molar-refractivity contribution in [1.29, 1.82) is 0 Å². The predicted molar refractivity (Wildman–Crippen MR) is 60.7 cm³/mol. The average molecular weight is 208 g/mol. The van der Waals surface area contributed by atoms with Gasteiger partial charge in [-0.2, -0.15) is 0 Å². The van der Waals surface area contributed by atoms with Crippen LogP contribution in [-0.4, -0.2) is 4.92 Å². The summed E-state index contributed by atoms with van der Waals surface area (Å²) in [5.74, 6) is 0. The van der Waals surface area contributed by atoms with E-state index >= 15 is 0 Å². The fraction of sp³-hybridized carbons (Fsp3) is 0.455. The van der Waals surface area contributed by atoms with Crippen molar-refractivity contribution in [2.24, 2.45) is 0 Å². The minimum Gasteiger partial charge on any atom is -0.398 e. The lowest BCUT2D eigenvalue weighted by Crippen LogP contribution is -1.97. The van der Waals surface area contributed by atoms with Crippen LogP contribution in [0.3, 0.4) is 0 Å². The van der Waals surface area contributed by atoms with Gasteiger partial charge in [-0.05, 0) is 24.5 Å². The summed E-state index contributed by atoms with van der Waals surface area (Å²) in [6.07, 6.45) is 4.11. The zero-order valence-electron chi connectivity index (χ0n) is 8.90. The Morgan fingerprint density at radius 1 is 1.40 bits per heavy atom. The zero-order valence-corrected chi connectivity index (χ0v) is 8.90. The van der Waals surface area contributed by atoms with Crippen LogP contribution in [0.4, 0.5) is 11.4 Å². The van der Waals surface area contributed by atoms with Crippen molar-refractivity contribution >= 4 is 11.4 Å². The highest BCUT2D eigenvalue weighted by Gasteiger charge is 2.08. The molecule has 0 aromatic heterocycles. The lowest BCUT2D eigenvalue weighted by molar-refractivity contribution is -0.384. The maximum atomic E-state index is 10.6. The van der Waals surface area contributed by atoms with Crippen LogP contribution < -0.4 is 5.73 Å². The molecule has 0 aliphatic heterocycles. The Morgan fingerprint density at radius 2 is 2.13 bits per heavy atom. The molecule has 15 heavy (non-hydrogen) atoms. The summed E-state index contributed by atoms with van der Waals surface area (Å²) >= 11 is 0. The van der Waals surface area contributed by atoms with Crippen LogP contribution in [0.2, 0.25) is 0 Å². The Hall–Kier alpha value is -1.58. The summed E-state index contributed by atoms with van der Waals surface area (Å²) in [6.45, 7) is 2.12. The molecule has 0 heterocycles. The van der Waals surface area contributed by atoms with E-state index in [1.807, 2.05) is 0 Å². The number of unbranched alkanes of at least 4 members (excludes halogenated alkanes) is 2. The Balaban J connectivity index is 2.76. The highest BCUT2D eigenvalue weighted by atomic mass is 16.6. The van der Waals surface area contributed by atoms with Gasteiger partial charge in [-0.15, -0.1) is 0 Å². The van der Waals surface area contributed by atoms with Crippen LogP contribution in [0.25, 0.3) is 0 Å². The zero-order chi connectivity index (χ0) is 11.3. The third-order valence-corrected chi connectivity index (χ3v) is 2.39. The molecule has 0 unspecified atom stereocenters. The van der Waals surface area contributed by atoms with Crippen LogP contribution in [-0.2, 0) is 6.42 Å². The largest absolute Gasteiger partial charge is 0.398 e. The summed E-state index contributed by atoms with van der Waals surface area (Å²) in [4.78, 5) is 10.2. The first kappa shape index (κ1) is 11.5. The number of aryl methyl sites for hydroxylation is 1. The molecule has 0 aliphatic rings. The highest BCUT2D eigenvalue weighted by Crippen LogP contribution is 2.21. The molecular weight excluding hydrogens is 192 g/mol. The molecule has 0 atom stereocenters. The fourth-order valence-corrected chi connectivity index (χ4v) is 1.49. The molecule has 4 heteroatoms. The number of nitrogens with zero attached hydrogens (tertiary/aromatic N) is 1. The van der Waals surface area contributed by atoms with Gasteiger partial charge in [-0.1, -0.05) is 19.8 Å². The van der Waals surface area contributed by atoms with E-state index < -0.39 is 0 Å². The van der Waals surface area contributed by atoms with Crippen LogP contribution >= 0.6 is 0 Å². The molecule has 1 rings (SSSR count). The van der Waals surface area contributed by atoms with Gasteiger partial charge in [0.1, 0.15) is 0 Å². The minimum absolute atomic E-state index is 0.121. The second kappa shape index (κ2) is 5.34. The van der Waals surface area contributed by atoms with Crippen molar-refractivity contribution in [3.63, 3.8) is 0 Å². The summed E-state index contributed by atoms with van der Waals surface area (Å²) in [6, 6.07) is 4.63. The van der Waals surface area contributed by atoms with Gasteiger partial charge in [-0.25, -0.2) is 0 Å². The monoisotopic (exact) mass is 208 g/mol. The third kappa shape index (κ3) is 3.23. The van der Waals surface area contributed by atoms with E-state index in [1.54, 1.807) is 12.1 Å². The lowest BCUT2D eigenvalue weighted by atomic mass is 10.0. The molecular formula is C11H16N2O2. The smallest absolute Gasteiger partial charge is 0.269 e. The lowest BCUT2D eigenvalue weighted by Gasteiger charge is -2.04. The molecule has 0 saturated carbocycles. The van der Waals surface area contributed by atoms with Gasteiger partial charge in [-0.3, -0.25) is 10.1 Å². The summed E-state index contributed by atoms with van der Waals surface area (Å²) in [5, 5.41) is 10.6. The Morgan fingerprint density at radius 3 is 2.73 bits per heavy atom. The molecule has 0 saturated heterocycles. The summed E-state index contributed by atoms with van der Waals surface area (Å²) in [5.41, 5.74) is 7.41. The first-order chi connectivity index (χ1) is 7.15. The predicted octanol–water partition coefficient (Wildman–Crippen LogP) is 2.91. The van der Waals surface area contributed by atoms with Crippen molar-refractivity contribution in [1.82, 2.24) is 0 Å². The molecule has 1 aromatic carbocycles. The highest BCUT2D eigenvalue weighted by molar-refractivity contribution is 5.52. The van der Waals surface area contributed by atoms with Crippen LogP contribution in [0.5, 0.6) is 0 Å². The maximum absolute atomic E-state index is 10.6. The second-order valence-electron chi connectivity index (χ2n) is 3.60. The molecule has 82 valence electrons. The van der Waals surface area contributed by atoms with Crippen LogP contribution in [0.1, 0.15) is 31.7 Å². The molecule has 0 spiro atoms. The molecule has 0 bridgehead atoms. The molecule has 0 radical (unpaired) electrons. The van der Waals surface area contributed by atoms with Crippen molar-refractivity contribution in [3.05, 3.63) is 33.9 Å². The number of nitrogens with two attached hydrogens (primary N) is 1. The average Bonchev–Trinajstić information content (AvgIpc) is 2.20. The van der Waals surface area contributed by atoms with Crippen molar-refractivity contribution in [3.8, 4) is 0 Å². The van der Waals surface area contributed by atoms with Gasteiger partial charge < -0.3 is 5.73 Å². The number of benzene rings is 1. The van der Waals surface area contributed by atoms with Gasteiger partial charge in [0, 0.05) is 17.8 Å². The third-order valence-electron chi connectivity index (χ3n) is 2.39. The maximum Gasteiger partial charge on any atom is 0.269 e. The number of nitro benzene ring substituents is 1. The van der Waals surface area contributed by atoms with E-state index in [2.05, 4.69) is 6.92 Å². The van der Waals surface area contributed by atoms with Crippen molar-refractivity contribution < 1.29 is 4.92 Å². The number of rotatable bonds is 5. The number of nitrogen functional groups attached to an aromatic ring is 1. The summed E-state index contributed by atoms with van der Waals surface area (Å²) in [7, 11) is 0. The van der Waals surface area contributed by atoms with Crippen molar-refractivity contribution in [2.45, 2.75) is 32.6 Å². The van der Waals surface area contributed by atoms with E-state index in [4.69, 9.17) is 5.73 Å². The van der Waals surface area contributed by atoms with Gasteiger partial charge in [0.25, 0.3) is 5.69 Å². The first-order valence-corrected chi connectivity index (χ1v) is 5.18. The second-order valence-corrected chi connectivity index (χ2v) is 3.60. The van der Waals surface area contributed by atoms with Gasteiger partial charge in [0.05, 0.1) is 4.92 Å². The van der Waals surface area contributed by atoms with Crippen LogP contribution in [0.15, 0.2) is 18.2 Å². The van der Waals surface area contributed by atoms with E-state index in [1.165, 1.54) is 6.07 Å².